The second kappa shape index (κ2) is 12.4. The van der Waals surface area contributed by atoms with Gasteiger partial charge in [-0.05, 0) is 56.2 Å². The van der Waals surface area contributed by atoms with Crippen molar-refractivity contribution in [2.24, 2.45) is 0 Å². The topological polar surface area (TPSA) is 86.8 Å². The Morgan fingerprint density at radius 1 is 1.11 bits per heavy atom. The van der Waals surface area contributed by atoms with Gasteiger partial charge in [-0.3, -0.25) is 13.9 Å². The number of nitrogens with one attached hydrogen (secondary N) is 1. The Bertz CT molecular complexity index is 1180. The average molecular weight is 548 g/mol. The molecule has 0 aliphatic rings. The molecule has 2 rings (SSSR count). The predicted octanol–water partition coefficient (Wildman–Crippen LogP) is 4.46. The Morgan fingerprint density at radius 3 is 2.36 bits per heavy atom. The van der Waals surface area contributed by atoms with Gasteiger partial charge in [-0.25, -0.2) is 8.42 Å². The van der Waals surface area contributed by atoms with E-state index in [-0.39, 0.29) is 37.5 Å². The van der Waals surface area contributed by atoms with E-state index in [0.717, 1.165) is 28.8 Å². The van der Waals surface area contributed by atoms with E-state index in [1.165, 1.54) is 11.0 Å². The average Bonchev–Trinajstić information content (AvgIpc) is 2.78. The maximum Gasteiger partial charge on any atom is 0.416 e. The number of nitrogens with zero attached hydrogens (tertiary/aromatic N) is 2. The number of hydrogen-bond donors (Lipinski definition) is 1. The summed E-state index contributed by atoms with van der Waals surface area (Å²) in [4.78, 5) is 26.9. The lowest BCUT2D eigenvalue weighted by atomic mass is 10.1. The van der Waals surface area contributed by atoms with Crippen LogP contribution in [-0.2, 0) is 32.3 Å². The van der Waals surface area contributed by atoms with Gasteiger partial charge < -0.3 is 10.2 Å². The summed E-state index contributed by atoms with van der Waals surface area (Å²) in [6.45, 7) is 3.59. The molecule has 1 unspecified atom stereocenters. The first kappa shape index (κ1) is 29.4. The van der Waals surface area contributed by atoms with Crippen LogP contribution in [0.4, 0.5) is 18.9 Å². The molecule has 0 heterocycles. The van der Waals surface area contributed by atoms with Crippen molar-refractivity contribution >= 4 is 39.1 Å². The normalized spacial score (nSPS) is 12.6. The van der Waals surface area contributed by atoms with Gasteiger partial charge >= 0.3 is 6.18 Å². The summed E-state index contributed by atoms with van der Waals surface area (Å²) in [6.07, 6.45) is -3.85. The molecule has 0 aliphatic carbocycles. The Labute approximate surface area is 214 Å². The summed E-state index contributed by atoms with van der Waals surface area (Å²) in [5.74, 6) is -0.763. The summed E-state index contributed by atoms with van der Waals surface area (Å²) in [6, 6.07) is 10.0. The molecule has 0 spiro atoms. The van der Waals surface area contributed by atoms with Crippen molar-refractivity contribution in [2.75, 3.05) is 23.7 Å². The molecule has 1 N–H and O–H groups in total. The smallest absolute Gasteiger partial charge is 0.355 e. The van der Waals surface area contributed by atoms with Gasteiger partial charge in [-0.2, -0.15) is 13.2 Å². The zero-order valence-corrected chi connectivity index (χ0v) is 21.8. The highest BCUT2D eigenvalue weighted by Gasteiger charge is 2.32. The zero-order valence-electron chi connectivity index (χ0n) is 20.2. The third-order valence-corrected chi connectivity index (χ3v) is 6.80. The van der Waals surface area contributed by atoms with Crippen molar-refractivity contribution < 1.29 is 31.2 Å². The highest BCUT2D eigenvalue weighted by Crippen LogP contribution is 2.32. The summed E-state index contributed by atoms with van der Waals surface area (Å²) in [7, 11) is -3.93. The number of hydrogen-bond acceptors (Lipinski definition) is 4. The van der Waals surface area contributed by atoms with Gasteiger partial charge in [0.1, 0.15) is 6.04 Å². The van der Waals surface area contributed by atoms with Gasteiger partial charge in [0.05, 0.1) is 17.5 Å². The molecule has 0 fully saturated rings. The van der Waals surface area contributed by atoms with Crippen LogP contribution < -0.4 is 9.62 Å². The van der Waals surface area contributed by atoms with Crippen molar-refractivity contribution in [3.05, 3.63) is 64.7 Å². The summed E-state index contributed by atoms with van der Waals surface area (Å²) in [5, 5.41) is 3.14. The third-order valence-electron chi connectivity index (χ3n) is 5.37. The van der Waals surface area contributed by atoms with Crippen LogP contribution in [0.1, 0.15) is 37.8 Å². The van der Waals surface area contributed by atoms with E-state index in [1.807, 2.05) is 0 Å². The van der Waals surface area contributed by atoms with Crippen molar-refractivity contribution in [3.8, 4) is 0 Å². The van der Waals surface area contributed by atoms with Crippen LogP contribution in [0.5, 0.6) is 0 Å². The fourth-order valence-electron chi connectivity index (χ4n) is 3.58. The zero-order chi connectivity index (χ0) is 27.1. The number of rotatable bonds is 11. The molecule has 36 heavy (non-hydrogen) atoms. The fraction of sp³-hybridized carbons (Fsp3) is 0.417. The number of carbonyl (C=O) groups is 2. The Morgan fingerprint density at radius 2 is 1.78 bits per heavy atom. The number of carbonyl (C=O) groups excluding carboxylic acids is 2. The van der Waals surface area contributed by atoms with E-state index < -0.39 is 33.7 Å². The van der Waals surface area contributed by atoms with Gasteiger partial charge in [0.2, 0.25) is 21.8 Å². The SMILES string of the molecule is CCNC(=O)C(C)N(Cc1cccc(Cl)c1)C(=O)CCCN(c1cccc(C(F)(F)F)c1)S(C)(=O)=O. The molecule has 198 valence electrons. The van der Waals surface area contributed by atoms with Crippen LogP contribution in [0.25, 0.3) is 0 Å². The lowest BCUT2D eigenvalue weighted by molar-refractivity contribution is -0.140. The summed E-state index contributed by atoms with van der Waals surface area (Å²) < 4.78 is 64.8. The summed E-state index contributed by atoms with van der Waals surface area (Å²) >= 11 is 6.04. The van der Waals surface area contributed by atoms with Gasteiger partial charge in [-0.15, -0.1) is 0 Å². The molecule has 2 aromatic carbocycles. The summed E-state index contributed by atoms with van der Waals surface area (Å²) in [5.41, 5.74) is -0.423. The quantitative estimate of drug-likeness (QED) is 0.450. The van der Waals surface area contributed by atoms with Crippen LogP contribution >= 0.6 is 11.6 Å². The third kappa shape index (κ3) is 8.41. The molecule has 0 saturated carbocycles. The highest BCUT2D eigenvalue weighted by molar-refractivity contribution is 7.92. The second-order valence-corrected chi connectivity index (χ2v) is 10.6. The molecule has 0 radical (unpaired) electrons. The highest BCUT2D eigenvalue weighted by atomic mass is 35.5. The molecular weight excluding hydrogens is 519 g/mol. The van der Waals surface area contributed by atoms with E-state index >= 15 is 0 Å². The van der Waals surface area contributed by atoms with Crippen LogP contribution in [0.3, 0.4) is 0 Å². The first-order valence-electron chi connectivity index (χ1n) is 11.2. The Hall–Kier alpha value is -2.79. The molecule has 2 aromatic rings. The van der Waals surface area contributed by atoms with Crippen LogP contribution in [0.15, 0.2) is 48.5 Å². The maximum absolute atomic E-state index is 13.1. The molecule has 12 heteroatoms. The predicted molar refractivity (Wildman–Crippen MR) is 133 cm³/mol. The standard InChI is InChI=1S/C24H29ClF3N3O4S/c1-4-29-23(33)17(2)30(16-18-8-5-10-20(25)14-18)22(32)12-7-13-31(36(3,34)35)21-11-6-9-19(15-21)24(26,27)28/h5-6,8-11,14-15,17H,4,7,12-13,16H2,1-3H3,(H,29,33). The Balaban J connectivity index is 2.20. The molecule has 2 amide bonds. The molecule has 0 bridgehead atoms. The minimum absolute atomic E-state index is 0.0241. The van der Waals surface area contributed by atoms with Gasteiger partial charge in [0.25, 0.3) is 0 Å². The minimum atomic E-state index is -4.63. The van der Waals surface area contributed by atoms with Gasteiger partial charge in [-0.1, -0.05) is 29.8 Å². The van der Waals surface area contributed by atoms with E-state index in [9.17, 15) is 31.2 Å². The lowest BCUT2D eigenvalue weighted by Crippen LogP contribution is -2.47. The largest absolute Gasteiger partial charge is 0.416 e. The molecule has 7 nitrogen and oxygen atoms in total. The molecule has 0 aliphatic heterocycles. The van der Waals surface area contributed by atoms with Crippen LogP contribution in [-0.4, -0.2) is 50.5 Å². The first-order chi connectivity index (χ1) is 16.7. The fourth-order valence-corrected chi connectivity index (χ4v) is 4.75. The molecular formula is C24H29ClF3N3O4S. The van der Waals surface area contributed by atoms with E-state index in [4.69, 9.17) is 11.6 Å². The number of amides is 2. The van der Waals surface area contributed by atoms with E-state index in [1.54, 1.807) is 38.1 Å². The first-order valence-corrected chi connectivity index (χ1v) is 13.4. The van der Waals surface area contributed by atoms with E-state index in [2.05, 4.69) is 5.32 Å². The number of anilines is 1. The van der Waals surface area contributed by atoms with Crippen molar-refractivity contribution in [3.63, 3.8) is 0 Å². The monoisotopic (exact) mass is 547 g/mol. The van der Waals surface area contributed by atoms with Crippen molar-refractivity contribution in [1.82, 2.24) is 10.2 Å². The lowest BCUT2D eigenvalue weighted by Gasteiger charge is -2.29. The second-order valence-electron chi connectivity index (χ2n) is 8.21. The Kier molecular flexibility index (Phi) is 10.2. The van der Waals surface area contributed by atoms with Crippen LogP contribution in [0, 0.1) is 0 Å². The number of sulfonamides is 1. The van der Waals surface area contributed by atoms with E-state index in [0.29, 0.717) is 17.1 Å². The van der Waals surface area contributed by atoms with Crippen molar-refractivity contribution in [2.45, 2.75) is 45.5 Å². The molecule has 0 aromatic heterocycles. The maximum atomic E-state index is 13.1. The van der Waals surface area contributed by atoms with Gasteiger partial charge in [0, 0.05) is 31.1 Å². The van der Waals surface area contributed by atoms with Gasteiger partial charge in [0.15, 0.2) is 0 Å². The number of likely N-dealkylation sites (N-methyl/N-ethyl adjacent to an activating group) is 1. The number of halogens is 4. The number of alkyl halides is 3. The van der Waals surface area contributed by atoms with Crippen LogP contribution in [0.2, 0.25) is 5.02 Å². The molecule has 0 saturated heterocycles. The van der Waals surface area contributed by atoms with Crippen molar-refractivity contribution in [1.29, 1.82) is 0 Å². The molecule has 1 atom stereocenters. The minimum Gasteiger partial charge on any atom is -0.355 e. The number of benzene rings is 2.